The van der Waals surface area contributed by atoms with Crippen LogP contribution >= 0.6 is 11.6 Å². The van der Waals surface area contributed by atoms with Crippen LogP contribution in [0, 0.1) is 6.92 Å². The summed E-state index contributed by atoms with van der Waals surface area (Å²) < 4.78 is 32.7. The van der Waals surface area contributed by atoms with E-state index >= 15 is 0 Å². The van der Waals surface area contributed by atoms with Crippen molar-refractivity contribution in [2.75, 3.05) is 25.0 Å². The van der Waals surface area contributed by atoms with Gasteiger partial charge < -0.3 is 10.1 Å². The largest absolute Gasteiger partial charge is 0.385 e. The quantitative estimate of drug-likeness (QED) is 0.671. The summed E-state index contributed by atoms with van der Waals surface area (Å²) in [6.45, 7) is 2.86. The Morgan fingerprint density at radius 3 is 2.50 bits per heavy atom. The lowest BCUT2D eigenvalue weighted by Gasteiger charge is -2.11. The summed E-state index contributed by atoms with van der Waals surface area (Å²) in [5, 5.41) is 2.75. The van der Waals surface area contributed by atoms with Crippen molar-refractivity contribution in [1.82, 2.24) is 5.32 Å². The summed E-state index contributed by atoms with van der Waals surface area (Å²) in [4.78, 5) is 12.0. The number of nitrogens with one attached hydrogen (secondary N) is 2. The molecule has 2 rings (SSSR count). The normalized spacial score (nSPS) is 11.2. The molecule has 0 aromatic heterocycles. The average molecular weight is 397 g/mol. The minimum atomic E-state index is -3.92. The zero-order valence-corrected chi connectivity index (χ0v) is 16.2. The highest BCUT2D eigenvalue weighted by atomic mass is 35.5. The molecule has 2 N–H and O–H groups in total. The fourth-order valence-electron chi connectivity index (χ4n) is 2.20. The van der Waals surface area contributed by atoms with Crippen molar-refractivity contribution in [3.63, 3.8) is 0 Å². The molecule has 0 bridgehead atoms. The molecule has 0 heterocycles. The number of benzene rings is 2. The van der Waals surface area contributed by atoms with Gasteiger partial charge in [-0.25, -0.2) is 8.42 Å². The van der Waals surface area contributed by atoms with Gasteiger partial charge in [-0.3, -0.25) is 9.52 Å². The number of hydrogen-bond donors (Lipinski definition) is 2. The van der Waals surface area contributed by atoms with E-state index in [9.17, 15) is 13.2 Å². The first-order valence-electron chi connectivity index (χ1n) is 7.99. The fraction of sp³-hybridized carbons (Fsp3) is 0.278. The van der Waals surface area contributed by atoms with Gasteiger partial charge >= 0.3 is 0 Å². The van der Waals surface area contributed by atoms with E-state index in [2.05, 4.69) is 10.0 Å². The van der Waals surface area contributed by atoms with Gasteiger partial charge in [0.25, 0.3) is 15.9 Å². The van der Waals surface area contributed by atoms with Crippen LogP contribution in [0.25, 0.3) is 0 Å². The zero-order valence-electron chi connectivity index (χ0n) is 14.6. The van der Waals surface area contributed by atoms with Gasteiger partial charge in [-0.2, -0.15) is 0 Å². The molecular weight excluding hydrogens is 376 g/mol. The van der Waals surface area contributed by atoms with Crippen molar-refractivity contribution in [3.8, 4) is 0 Å². The van der Waals surface area contributed by atoms with Crippen LogP contribution in [0.15, 0.2) is 47.4 Å². The molecular formula is C18H21ClN2O4S. The minimum absolute atomic E-state index is 0.0422. The molecule has 0 unspecified atom stereocenters. The molecule has 0 radical (unpaired) electrons. The van der Waals surface area contributed by atoms with Crippen LogP contribution < -0.4 is 10.0 Å². The lowest BCUT2D eigenvalue weighted by Crippen LogP contribution is -2.25. The van der Waals surface area contributed by atoms with Gasteiger partial charge in [0.15, 0.2) is 0 Å². The molecule has 0 saturated carbocycles. The number of halogens is 1. The number of amides is 1. The first-order chi connectivity index (χ1) is 12.3. The van der Waals surface area contributed by atoms with Gasteiger partial charge in [0.1, 0.15) is 4.90 Å². The number of ether oxygens (including phenoxy) is 1. The summed E-state index contributed by atoms with van der Waals surface area (Å²) in [5.74, 6) is -0.371. The summed E-state index contributed by atoms with van der Waals surface area (Å²) in [7, 11) is -2.34. The molecule has 1 amide bonds. The summed E-state index contributed by atoms with van der Waals surface area (Å²) in [6, 6.07) is 11.1. The topological polar surface area (TPSA) is 84.5 Å². The van der Waals surface area contributed by atoms with Crippen LogP contribution in [0.3, 0.4) is 0 Å². The minimum Gasteiger partial charge on any atom is -0.385 e. The van der Waals surface area contributed by atoms with Crippen LogP contribution in [0.1, 0.15) is 22.3 Å². The second kappa shape index (κ2) is 9.02. The summed E-state index contributed by atoms with van der Waals surface area (Å²) in [6.07, 6.45) is 0.663. The maximum atomic E-state index is 12.6. The fourth-order valence-corrected chi connectivity index (χ4v) is 3.79. The highest BCUT2D eigenvalue weighted by molar-refractivity contribution is 7.92. The van der Waals surface area contributed by atoms with Gasteiger partial charge in [0.2, 0.25) is 0 Å². The van der Waals surface area contributed by atoms with Crippen LogP contribution in [-0.4, -0.2) is 34.6 Å². The molecule has 6 nitrogen and oxygen atoms in total. The van der Waals surface area contributed by atoms with Crippen molar-refractivity contribution < 1.29 is 17.9 Å². The molecule has 0 aliphatic carbocycles. The number of carbonyl (C=O) groups is 1. The number of carbonyl (C=O) groups excluding carboxylic acids is 1. The van der Waals surface area contributed by atoms with E-state index < -0.39 is 10.0 Å². The van der Waals surface area contributed by atoms with E-state index in [-0.39, 0.29) is 21.4 Å². The van der Waals surface area contributed by atoms with Gasteiger partial charge in [0, 0.05) is 31.5 Å². The Labute approximate surface area is 158 Å². The van der Waals surface area contributed by atoms with Crippen molar-refractivity contribution >= 4 is 33.2 Å². The number of hydrogen-bond acceptors (Lipinski definition) is 4. The second-order valence-electron chi connectivity index (χ2n) is 5.72. The summed E-state index contributed by atoms with van der Waals surface area (Å²) >= 11 is 6.06. The predicted molar refractivity (Wildman–Crippen MR) is 102 cm³/mol. The standard InChI is InChI=1S/C18H21ClN2O4S/c1-13-4-7-15(8-5-13)21-26(23,24)17-12-14(6-9-16(17)19)18(22)20-10-3-11-25-2/h4-9,12,21H,3,10-11H2,1-2H3,(H,20,22). The first-order valence-corrected chi connectivity index (χ1v) is 9.86. The molecule has 8 heteroatoms. The monoisotopic (exact) mass is 396 g/mol. The van der Waals surface area contributed by atoms with Crippen molar-refractivity contribution in [3.05, 3.63) is 58.6 Å². The highest BCUT2D eigenvalue weighted by Crippen LogP contribution is 2.25. The molecule has 26 heavy (non-hydrogen) atoms. The third kappa shape index (κ3) is 5.45. The van der Waals surface area contributed by atoms with E-state index in [1.807, 2.05) is 6.92 Å². The van der Waals surface area contributed by atoms with Gasteiger partial charge in [-0.05, 0) is 43.7 Å². The summed E-state index contributed by atoms with van der Waals surface area (Å²) in [5.41, 5.74) is 1.65. The average Bonchev–Trinajstić information content (AvgIpc) is 2.60. The molecule has 140 valence electrons. The molecule has 0 atom stereocenters. The van der Waals surface area contributed by atoms with Crippen LogP contribution in [0.4, 0.5) is 5.69 Å². The van der Waals surface area contributed by atoms with E-state index in [4.69, 9.17) is 16.3 Å². The molecule has 0 aliphatic rings. The molecule has 0 spiro atoms. The lowest BCUT2D eigenvalue weighted by atomic mass is 10.2. The van der Waals surface area contributed by atoms with Crippen LogP contribution in [0.5, 0.6) is 0 Å². The van der Waals surface area contributed by atoms with Gasteiger partial charge in [-0.1, -0.05) is 29.3 Å². The lowest BCUT2D eigenvalue weighted by molar-refractivity contribution is 0.0948. The Balaban J connectivity index is 2.19. The third-order valence-electron chi connectivity index (χ3n) is 3.60. The highest BCUT2D eigenvalue weighted by Gasteiger charge is 2.20. The molecule has 0 fully saturated rings. The molecule has 0 saturated heterocycles. The maximum Gasteiger partial charge on any atom is 0.263 e. The number of anilines is 1. The Bertz CT molecular complexity index is 867. The Hall–Kier alpha value is -2.09. The number of sulfonamides is 1. The van der Waals surface area contributed by atoms with Gasteiger partial charge in [0.05, 0.1) is 5.02 Å². The smallest absolute Gasteiger partial charge is 0.263 e. The van der Waals surface area contributed by atoms with Crippen molar-refractivity contribution in [2.24, 2.45) is 0 Å². The van der Waals surface area contributed by atoms with Crippen LogP contribution in [-0.2, 0) is 14.8 Å². The number of rotatable bonds is 8. The number of methoxy groups -OCH3 is 1. The van der Waals surface area contributed by atoms with E-state index in [1.165, 1.54) is 18.2 Å². The number of aryl methyl sites for hydroxylation is 1. The first kappa shape index (κ1) is 20.2. The maximum absolute atomic E-state index is 12.6. The molecule has 2 aromatic carbocycles. The van der Waals surface area contributed by atoms with Crippen LogP contribution in [0.2, 0.25) is 5.02 Å². The SMILES string of the molecule is COCCCNC(=O)c1ccc(Cl)c(S(=O)(=O)Nc2ccc(C)cc2)c1. The van der Waals surface area contributed by atoms with Gasteiger partial charge in [-0.15, -0.1) is 0 Å². The van der Waals surface area contributed by atoms with E-state index in [0.29, 0.717) is 25.3 Å². The Kier molecular flexibility index (Phi) is 7.02. The third-order valence-corrected chi connectivity index (χ3v) is 5.46. The predicted octanol–water partition coefficient (Wildman–Crippen LogP) is 3.22. The Morgan fingerprint density at radius 1 is 1.15 bits per heavy atom. The Morgan fingerprint density at radius 2 is 1.85 bits per heavy atom. The molecule has 2 aromatic rings. The van der Waals surface area contributed by atoms with Crippen molar-refractivity contribution in [1.29, 1.82) is 0 Å². The zero-order chi connectivity index (χ0) is 19.2. The molecule has 0 aliphatic heterocycles. The second-order valence-corrected chi connectivity index (χ2v) is 7.78. The van der Waals surface area contributed by atoms with Crippen molar-refractivity contribution in [2.45, 2.75) is 18.2 Å². The van der Waals surface area contributed by atoms with E-state index in [0.717, 1.165) is 5.56 Å². The van der Waals surface area contributed by atoms with E-state index in [1.54, 1.807) is 31.4 Å².